The second-order valence-electron chi connectivity index (χ2n) is 15.9. The molecule has 0 amide bonds. The standard InChI is InChI=1S/C36H62N2.Ni.2H/c1-21(2)26-15-11-16-27(22(3)4)33(26)37-35-30-19-9-13-25-14-10-20-31(32(25)30)36(35)38-34-28(23(5)6)17-12-18-29(34)24(7)8;;;/h21-34H,9-20H2,1-8H3;;;. The van der Waals surface area contributed by atoms with Crippen LogP contribution in [-0.4, -0.2) is 23.5 Å². The Morgan fingerprint density at radius 3 is 1.08 bits per heavy atom. The summed E-state index contributed by atoms with van der Waals surface area (Å²) in [4.78, 5) is 12.1. The summed E-state index contributed by atoms with van der Waals surface area (Å²) < 4.78 is 0. The summed E-state index contributed by atoms with van der Waals surface area (Å²) in [6, 6.07) is 1.02. The quantitative estimate of drug-likeness (QED) is 0.279. The van der Waals surface area contributed by atoms with Crippen LogP contribution in [0.25, 0.3) is 0 Å². The molecular weight excluding hydrogens is 519 g/mol. The van der Waals surface area contributed by atoms with Gasteiger partial charge in [-0.25, -0.2) is 0 Å². The molecule has 39 heavy (non-hydrogen) atoms. The first-order valence-electron chi connectivity index (χ1n) is 17.3. The Morgan fingerprint density at radius 1 is 0.462 bits per heavy atom. The van der Waals surface area contributed by atoms with E-state index in [2.05, 4.69) is 55.4 Å². The molecule has 0 N–H and O–H groups in total. The molecule has 5 saturated carbocycles. The van der Waals surface area contributed by atoms with Gasteiger partial charge in [0, 0.05) is 11.8 Å². The summed E-state index contributed by atoms with van der Waals surface area (Å²) in [5, 5.41) is 0. The van der Waals surface area contributed by atoms with E-state index >= 15 is 0 Å². The minimum absolute atomic E-state index is 0. The topological polar surface area (TPSA) is 24.7 Å². The van der Waals surface area contributed by atoms with E-state index in [-0.39, 0.29) is 16.5 Å². The molecule has 0 aromatic heterocycles. The number of aliphatic imine (C=N–C) groups is 2. The van der Waals surface area contributed by atoms with Crippen LogP contribution in [0.5, 0.6) is 0 Å². The first kappa shape index (κ1) is 31.8. The van der Waals surface area contributed by atoms with Crippen LogP contribution in [0.15, 0.2) is 9.98 Å². The molecule has 5 aliphatic carbocycles. The van der Waals surface area contributed by atoms with Crippen LogP contribution in [-0.2, 0) is 16.5 Å². The van der Waals surface area contributed by atoms with E-state index in [4.69, 9.17) is 9.98 Å². The van der Waals surface area contributed by atoms with Crippen molar-refractivity contribution in [1.29, 1.82) is 0 Å². The molecule has 6 atom stereocenters. The van der Waals surface area contributed by atoms with Gasteiger partial charge in [-0.15, -0.1) is 0 Å². The Hall–Kier alpha value is -0.166. The monoisotopic (exact) mass is 582 g/mol. The van der Waals surface area contributed by atoms with Crippen molar-refractivity contribution in [2.75, 3.05) is 0 Å². The zero-order valence-electron chi connectivity index (χ0n) is 26.8. The zero-order valence-corrected chi connectivity index (χ0v) is 27.9. The number of hydrogen-bond acceptors (Lipinski definition) is 2. The Labute approximate surface area is 252 Å². The Kier molecular flexibility index (Phi) is 10.9. The molecule has 3 heteroatoms. The molecule has 5 rings (SSSR count). The van der Waals surface area contributed by atoms with Crippen LogP contribution < -0.4 is 0 Å². The molecule has 2 nitrogen and oxygen atoms in total. The first-order valence-corrected chi connectivity index (χ1v) is 17.3. The molecule has 6 unspecified atom stereocenters. The van der Waals surface area contributed by atoms with Gasteiger partial charge in [-0.05, 0) is 97.7 Å². The summed E-state index contributed by atoms with van der Waals surface area (Å²) in [6.45, 7) is 19.8. The summed E-state index contributed by atoms with van der Waals surface area (Å²) in [6.07, 6.45) is 16.9. The Balaban J connectivity index is 0.00000353. The summed E-state index contributed by atoms with van der Waals surface area (Å²) >= 11 is 0. The average Bonchev–Trinajstić information content (AvgIpc) is 3.17. The zero-order chi connectivity index (χ0) is 27.1. The van der Waals surface area contributed by atoms with Gasteiger partial charge >= 0.3 is 16.5 Å². The molecule has 0 radical (unpaired) electrons. The second-order valence-corrected chi connectivity index (χ2v) is 15.9. The van der Waals surface area contributed by atoms with Gasteiger partial charge in [0.15, 0.2) is 0 Å². The van der Waals surface area contributed by atoms with E-state index < -0.39 is 0 Å². The van der Waals surface area contributed by atoms with Crippen molar-refractivity contribution in [1.82, 2.24) is 0 Å². The predicted molar refractivity (Wildman–Crippen MR) is 168 cm³/mol. The molecule has 0 bridgehead atoms. The summed E-state index contributed by atoms with van der Waals surface area (Å²) in [5.41, 5.74) is 3.12. The summed E-state index contributed by atoms with van der Waals surface area (Å²) in [7, 11) is 0. The van der Waals surface area contributed by atoms with Crippen molar-refractivity contribution in [3.63, 3.8) is 0 Å². The summed E-state index contributed by atoms with van der Waals surface area (Å²) in [5.74, 6) is 9.08. The molecule has 0 aromatic carbocycles. The predicted octanol–water partition coefficient (Wildman–Crippen LogP) is 9.37. The fraction of sp³-hybridized carbons (Fsp3) is 0.944. The molecule has 0 heterocycles. The van der Waals surface area contributed by atoms with Crippen LogP contribution in [0.2, 0.25) is 0 Å². The molecule has 0 aromatic rings. The molecule has 0 aliphatic heterocycles. The van der Waals surface area contributed by atoms with Gasteiger partial charge in [-0.3, -0.25) is 9.98 Å². The fourth-order valence-corrected chi connectivity index (χ4v) is 10.5. The Morgan fingerprint density at radius 2 is 0.769 bits per heavy atom. The third-order valence-electron chi connectivity index (χ3n) is 12.5. The van der Waals surface area contributed by atoms with Gasteiger partial charge in [-0.2, -0.15) is 0 Å². The van der Waals surface area contributed by atoms with Crippen molar-refractivity contribution in [2.24, 2.45) is 81.0 Å². The molecule has 0 saturated heterocycles. The van der Waals surface area contributed by atoms with E-state index in [0.29, 0.717) is 23.9 Å². The maximum absolute atomic E-state index is 6.06. The number of rotatable bonds is 6. The van der Waals surface area contributed by atoms with Gasteiger partial charge in [0.25, 0.3) is 0 Å². The van der Waals surface area contributed by atoms with Gasteiger partial charge in [-0.1, -0.05) is 93.9 Å². The average molecular weight is 584 g/mol. The van der Waals surface area contributed by atoms with Crippen LogP contribution >= 0.6 is 0 Å². The van der Waals surface area contributed by atoms with Gasteiger partial charge in [0.1, 0.15) is 0 Å². The van der Waals surface area contributed by atoms with Gasteiger partial charge in [0.05, 0.1) is 23.5 Å². The molecule has 228 valence electrons. The van der Waals surface area contributed by atoms with E-state index in [0.717, 1.165) is 59.2 Å². The van der Waals surface area contributed by atoms with Gasteiger partial charge < -0.3 is 0 Å². The fourth-order valence-electron chi connectivity index (χ4n) is 10.5. The first-order chi connectivity index (χ1) is 18.2. The third kappa shape index (κ3) is 6.30. The van der Waals surface area contributed by atoms with E-state index in [1.165, 1.54) is 77.0 Å². The van der Waals surface area contributed by atoms with E-state index in [9.17, 15) is 0 Å². The van der Waals surface area contributed by atoms with E-state index in [1.807, 2.05) is 0 Å². The normalized spacial score (nSPS) is 43.0. The molecule has 0 spiro atoms. The minimum atomic E-state index is 0. The Bertz CT molecular complexity index is 756. The van der Waals surface area contributed by atoms with Crippen molar-refractivity contribution >= 4 is 11.4 Å². The molecule has 5 fully saturated rings. The van der Waals surface area contributed by atoms with Crippen molar-refractivity contribution in [2.45, 2.75) is 145 Å². The maximum atomic E-state index is 6.06. The molecule has 5 aliphatic rings. The van der Waals surface area contributed by atoms with Crippen molar-refractivity contribution < 1.29 is 16.5 Å². The second kappa shape index (κ2) is 13.4. The SMILES string of the molecule is CC(C)C1CCCC(C(C)C)C1N=C1C(=NC2C(C(C)C)CCCC2C(C)C)C2CCCC3CCCC1C32.[NiH2]. The third-order valence-corrected chi connectivity index (χ3v) is 12.5. The van der Waals surface area contributed by atoms with Crippen LogP contribution in [0.4, 0.5) is 0 Å². The van der Waals surface area contributed by atoms with Crippen molar-refractivity contribution in [3.8, 4) is 0 Å². The van der Waals surface area contributed by atoms with Crippen LogP contribution in [0, 0.1) is 71.0 Å². The van der Waals surface area contributed by atoms with Crippen LogP contribution in [0.3, 0.4) is 0 Å². The van der Waals surface area contributed by atoms with Crippen LogP contribution in [0.1, 0.15) is 132 Å². The number of hydrogen-bond donors (Lipinski definition) is 0. The molecular formula is C36H64N2Ni. The van der Waals surface area contributed by atoms with E-state index in [1.54, 1.807) is 11.4 Å². The van der Waals surface area contributed by atoms with Crippen molar-refractivity contribution in [3.05, 3.63) is 0 Å². The van der Waals surface area contributed by atoms with Gasteiger partial charge in [0.2, 0.25) is 0 Å². The number of nitrogens with zero attached hydrogens (tertiary/aromatic N) is 2.